The molecule has 0 saturated heterocycles. The highest BCUT2D eigenvalue weighted by molar-refractivity contribution is 5.95. The second kappa shape index (κ2) is 7.90. The predicted molar refractivity (Wildman–Crippen MR) is 108 cm³/mol. The summed E-state index contributed by atoms with van der Waals surface area (Å²) in [5.41, 5.74) is 4.02. The smallest absolute Gasteiger partial charge is 0.316 e. The Labute approximate surface area is 167 Å². The van der Waals surface area contributed by atoms with Crippen LogP contribution in [0.25, 0.3) is 22.0 Å². The number of nitrogens with zero attached hydrogens (tertiary/aromatic N) is 4. The number of nitrogens with one attached hydrogen (secondary N) is 1. The van der Waals surface area contributed by atoms with Crippen LogP contribution in [0.15, 0.2) is 59.0 Å². The molecule has 0 aliphatic rings. The average Bonchev–Trinajstić information content (AvgIpc) is 3.25. The molecule has 0 aliphatic heterocycles. The molecule has 0 aliphatic carbocycles. The van der Waals surface area contributed by atoms with Crippen LogP contribution in [0.2, 0.25) is 0 Å². The number of ketones is 1. The molecular formula is C22H17N5O2. The Bertz CT molecular complexity index is 1230. The summed E-state index contributed by atoms with van der Waals surface area (Å²) in [6.45, 7) is 2.15. The molecule has 2 aromatic carbocycles. The van der Waals surface area contributed by atoms with Crippen LogP contribution in [-0.2, 0) is 6.54 Å². The number of hydrogen-bond donors (Lipinski definition) is 1. The average molecular weight is 383 g/mol. The highest BCUT2D eigenvalue weighted by Gasteiger charge is 2.13. The van der Waals surface area contributed by atoms with E-state index in [0.29, 0.717) is 18.7 Å². The van der Waals surface area contributed by atoms with Crippen molar-refractivity contribution in [3.63, 3.8) is 0 Å². The molecule has 142 valence electrons. The number of nitriles is 1. The molecule has 7 nitrogen and oxygen atoms in total. The Morgan fingerprint density at radius 1 is 1.14 bits per heavy atom. The Morgan fingerprint density at radius 2 is 1.97 bits per heavy atom. The van der Waals surface area contributed by atoms with Crippen LogP contribution < -0.4 is 5.32 Å². The minimum atomic E-state index is -0.196. The fourth-order valence-corrected chi connectivity index (χ4v) is 3.03. The van der Waals surface area contributed by atoms with Crippen LogP contribution in [-0.4, -0.2) is 21.0 Å². The second-order valence-electron chi connectivity index (χ2n) is 6.43. The fraction of sp³-hybridized carbons (Fsp3) is 0.136. The number of Topliss-reactive ketones (excluding diaryl/α,β-unsaturated/α-hetero) is 1. The van der Waals surface area contributed by atoms with Gasteiger partial charge in [-0.2, -0.15) is 5.26 Å². The molecular weight excluding hydrogens is 366 g/mol. The SMILES string of the molecule is CCC(=O)c1nnc(NCc2ccc3c(-c4ccccc4)cc(C#N)nc3c2)o1. The molecule has 0 atom stereocenters. The summed E-state index contributed by atoms with van der Waals surface area (Å²) in [7, 11) is 0. The summed E-state index contributed by atoms with van der Waals surface area (Å²) in [5.74, 6) is -0.195. The normalized spacial score (nSPS) is 10.6. The largest absolute Gasteiger partial charge is 0.400 e. The van der Waals surface area contributed by atoms with Crippen LogP contribution in [0, 0.1) is 11.3 Å². The molecule has 0 amide bonds. The highest BCUT2D eigenvalue weighted by Crippen LogP contribution is 2.29. The van der Waals surface area contributed by atoms with Crippen molar-refractivity contribution in [3.05, 3.63) is 71.7 Å². The summed E-state index contributed by atoms with van der Waals surface area (Å²) < 4.78 is 5.32. The van der Waals surface area contributed by atoms with Gasteiger partial charge in [-0.1, -0.05) is 54.5 Å². The molecule has 2 heterocycles. The summed E-state index contributed by atoms with van der Waals surface area (Å²) in [4.78, 5) is 16.0. The van der Waals surface area contributed by atoms with Crippen molar-refractivity contribution in [2.24, 2.45) is 0 Å². The lowest BCUT2D eigenvalue weighted by Crippen LogP contribution is -2.00. The third-order valence-electron chi connectivity index (χ3n) is 4.50. The van der Waals surface area contributed by atoms with Gasteiger partial charge < -0.3 is 9.73 Å². The van der Waals surface area contributed by atoms with Crippen molar-refractivity contribution in [2.45, 2.75) is 19.9 Å². The first-order chi connectivity index (χ1) is 14.2. The van der Waals surface area contributed by atoms with Crippen LogP contribution >= 0.6 is 0 Å². The Kier molecular flexibility index (Phi) is 4.99. The van der Waals surface area contributed by atoms with Crippen molar-refractivity contribution >= 4 is 22.7 Å². The molecule has 29 heavy (non-hydrogen) atoms. The first-order valence-corrected chi connectivity index (χ1v) is 9.17. The lowest BCUT2D eigenvalue weighted by atomic mass is 9.99. The van der Waals surface area contributed by atoms with Gasteiger partial charge in [0.15, 0.2) is 0 Å². The van der Waals surface area contributed by atoms with Gasteiger partial charge in [0.2, 0.25) is 5.78 Å². The summed E-state index contributed by atoms with van der Waals surface area (Å²) in [6, 6.07) is 19.9. The molecule has 0 radical (unpaired) electrons. The zero-order valence-corrected chi connectivity index (χ0v) is 15.7. The van der Waals surface area contributed by atoms with E-state index in [1.54, 1.807) is 13.0 Å². The maximum atomic E-state index is 11.6. The molecule has 2 aromatic heterocycles. The lowest BCUT2D eigenvalue weighted by molar-refractivity contribution is 0.0955. The summed E-state index contributed by atoms with van der Waals surface area (Å²) in [5, 5.41) is 20.9. The minimum Gasteiger partial charge on any atom is -0.400 e. The van der Waals surface area contributed by atoms with E-state index in [9.17, 15) is 10.1 Å². The van der Waals surface area contributed by atoms with Crippen LogP contribution in [0.3, 0.4) is 0 Å². The van der Waals surface area contributed by atoms with Gasteiger partial charge >= 0.3 is 6.01 Å². The minimum absolute atomic E-state index is 0.00124. The van der Waals surface area contributed by atoms with Crippen LogP contribution in [0.4, 0.5) is 6.01 Å². The van der Waals surface area contributed by atoms with Gasteiger partial charge in [-0.3, -0.25) is 4.79 Å². The lowest BCUT2D eigenvalue weighted by Gasteiger charge is -2.09. The van der Waals surface area contributed by atoms with Crippen LogP contribution in [0.5, 0.6) is 0 Å². The maximum Gasteiger partial charge on any atom is 0.316 e. The number of benzene rings is 2. The molecule has 4 aromatic rings. The van der Waals surface area contributed by atoms with E-state index in [1.165, 1.54) is 0 Å². The predicted octanol–water partition coefficient (Wildman–Crippen LogP) is 4.36. The highest BCUT2D eigenvalue weighted by atomic mass is 16.4. The Balaban J connectivity index is 1.63. The summed E-state index contributed by atoms with van der Waals surface area (Å²) in [6.07, 6.45) is 0.308. The number of anilines is 1. The molecule has 7 heteroatoms. The van der Waals surface area contributed by atoms with Gasteiger partial charge in [-0.05, 0) is 28.8 Å². The topological polar surface area (TPSA) is 105 Å². The van der Waals surface area contributed by atoms with E-state index in [2.05, 4.69) is 26.6 Å². The number of carbonyl (C=O) groups excluding carboxylic acids is 1. The second-order valence-corrected chi connectivity index (χ2v) is 6.43. The van der Waals surface area contributed by atoms with Crippen molar-refractivity contribution in [3.8, 4) is 17.2 Å². The number of aromatic nitrogens is 3. The van der Waals surface area contributed by atoms with E-state index in [1.807, 2.05) is 48.5 Å². The van der Waals surface area contributed by atoms with Crippen molar-refractivity contribution in [1.82, 2.24) is 15.2 Å². The number of rotatable bonds is 6. The van der Waals surface area contributed by atoms with E-state index >= 15 is 0 Å². The molecule has 0 spiro atoms. The van der Waals surface area contributed by atoms with Gasteiger partial charge in [0, 0.05) is 18.4 Å². The van der Waals surface area contributed by atoms with Crippen molar-refractivity contribution in [2.75, 3.05) is 5.32 Å². The third-order valence-corrected chi connectivity index (χ3v) is 4.50. The number of carbonyl (C=O) groups is 1. The van der Waals surface area contributed by atoms with Crippen molar-refractivity contribution < 1.29 is 9.21 Å². The first-order valence-electron chi connectivity index (χ1n) is 9.17. The monoisotopic (exact) mass is 383 g/mol. The van der Waals surface area contributed by atoms with Gasteiger partial charge in [0.1, 0.15) is 11.8 Å². The molecule has 0 fully saturated rings. The van der Waals surface area contributed by atoms with Gasteiger partial charge in [0.25, 0.3) is 5.89 Å². The number of pyridine rings is 1. The Hall–Kier alpha value is -4.05. The zero-order chi connectivity index (χ0) is 20.2. The molecule has 0 unspecified atom stereocenters. The van der Waals surface area contributed by atoms with Crippen LogP contribution in [0.1, 0.15) is 35.3 Å². The molecule has 0 bridgehead atoms. The maximum absolute atomic E-state index is 11.6. The zero-order valence-electron chi connectivity index (χ0n) is 15.7. The first kappa shape index (κ1) is 18.3. The molecule has 0 saturated carbocycles. The number of hydrogen-bond acceptors (Lipinski definition) is 7. The van der Waals surface area contributed by atoms with Gasteiger partial charge in [0.05, 0.1) is 5.52 Å². The standard InChI is InChI=1S/C22H17N5O2/c1-2-20(28)21-26-27-22(29-21)24-13-14-8-9-17-18(15-6-4-3-5-7-15)11-16(12-23)25-19(17)10-14/h3-11H,2,13H2,1H3,(H,24,27). The number of fused-ring (bicyclic) bond motifs is 1. The van der Waals surface area contributed by atoms with E-state index < -0.39 is 0 Å². The third kappa shape index (κ3) is 3.82. The molecule has 1 N–H and O–H groups in total. The van der Waals surface area contributed by atoms with Crippen molar-refractivity contribution in [1.29, 1.82) is 5.26 Å². The van der Waals surface area contributed by atoms with E-state index in [4.69, 9.17) is 4.42 Å². The van der Waals surface area contributed by atoms with E-state index in [-0.39, 0.29) is 17.7 Å². The fourth-order valence-electron chi connectivity index (χ4n) is 3.03. The summed E-state index contributed by atoms with van der Waals surface area (Å²) >= 11 is 0. The molecule has 4 rings (SSSR count). The quantitative estimate of drug-likeness (QED) is 0.493. The van der Waals surface area contributed by atoms with E-state index in [0.717, 1.165) is 27.6 Å². The van der Waals surface area contributed by atoms with Gasteiger partial charge in [-0.15, -0.1) is 5.10 Å². The van der Waals surface area contributed by atoms with Gasteiger partial charge in [-0.25, -0.2) is 4.98 Å². The Morgan fingerprint density at radius 3 is 2.72 bits per heavy atom.